The Balaban J connectivity index is 0.000000673. The monoisotopic (exact) mass is 247 g/mol. The molecule has 0 aliphatic heterocycles. The number of non-ortho nitro benzene ring substituents is 1. The Bertz CT molecular complexity index is 437. The fourth-order valence-corrected chi connectivity index (χ4v) is 1.22. The van der Waals surface area contributed by atoms with E-state index in [0.717, 1.165) is 24.3 Å². The van der Waals surface area contributed by atoms with E-state index in [0.29, 0.717) is 0 Å². The van der Waals surface area contributed by atoms with Gasteiger partial charge >= 0.3 is 0 Å². The van der Waals surface area contributed by atoms with E-state index in [9.17, 15) is 18.5 Å². The summed E-state index contributed by atoms with van der Waals surface area (Å²) in [5.41, 5.74) is -0.229. The zero-order valence-electron chi connectivity index (χ0n) is 8.95. The Kier molecular flexibility index (Phi) is 5.62. The first kappa shape index (κ1) is 14.5. The normalized spacial score (nSPS) is 10.2. The minimum Gasteiger partial charge on any atom is -0.282 e. The van der Waals surface area contributed by atoms with E-state index < -0.39 is 15.0 Å². The first-order valence-corrected chi connectivity index (χ1v) is 5.98. The van der Waals surface area contributed by atoms with Crippen molar-refractivity contribution in [1.29, 1.82) is 0 Å². The van der Waals surface area contributed by atoms with Gasteiger partial charge in [0.25, 0.3) is 15.8 Å². The van der Waals surface area contributed by atoms with Crippen LogP contribution >= 0.6 is 0 Å². The SMILES string of the molecule is CCC.O=[N+]([O-])c1ccc(S(=O)(=O)O)cc1. The molecule has 0 aliphatic carbocycles. The van der Waals surface area contributed by atoms with Crippen LogP contribution < -0.4 is 0 Å². The van der Waals surface area contributed by atoms with Crippen LogP contribution in [0, 0.1) is 10.1 Å². The summed E-state index contributed by atoms with van der Waals surface area (Å²) in [5.74, 6) is 0. The lowest BCUT2D eigenvalue weighted by Crippen LogP contribution is -1.97. The molecule has 0 amide bonds. The van der Waals surface area contributed by atoms with Gasteiger partial charge in [-0.15, -0.1) is 0 Å². The number of nitro benzene ring substituents is 1. The average molecular weight is 247 g/mol. The second-order valence-electron chi connectivity index (χ2n) is 2.93. The van der Waals surface area contributed by atoms with Crippen molar-refractivity contribution in [2.45, 2.75) is 25.2 Å². The van der Waals surface area contributed by atoms with Gasteiger partial charge in [-0.25, -0.2) is 0 Å². The summed E-state index contributed by atoms with van der Waals surface area (Å²) in [6.45, 7) is 4.25. The number of nitro groups is 1. The van der Waals surface area contributed by atoms with Crippen molar-refractivity contribution in [3.63, 3.8) is 0 Å². The number of benzene rings is 1. The van der Waals surface area contributed by atoms with E-state index in [1.807, 2.05) is 0 Å². The van der Waals surface area contributed by atoms with Crippen LogP contribution in [0.4, 0.5) is 5.69 Å². The van der Waals surface area contributed by atoms with Crippen LogP contribution in [0.1, 0.15) is 20.3 Å². The van der Waals surface area contributed by atoms with E-state index in [2.05, 4.69) is 13.8 Å². The molecule has 16 heavy (non-hydrogen) atoms. The molecule has 0 bridgehead atoms. The van der Waals surface area contributed by atoms with Gasteiger partial charge in [0.05, 0.1) is 9.82 Å². The topological polar surface area (TPSA) is 97.5 Å². The molecule has 1 aromatic carbocycles. The highest BCUT2D eigenvalue weighted by Crippen LogP contribution is 2.14. The molecule has 7 heteroatoms. The zero-order valence-corrected chi connectivity index (χ0v) is 9.77. The summed E-state index contributed by atoms with van der Waals surface area (Å²) in [4.78, 5) is 9.13. The van der Waals surface area contributed by atoms with Crippen molar-refractivity contribution in [1.82, 2.24) is 0 Å². The number of nitrogens with zero attached hydrogens (tertiary/aromatic N) is 1. The molecule has 90 valence electrons. The summed E-state index contributed by atoms with van der Waals surface area (Å²) < 4.78 is 29.5. The molecule has 1 aromatic rings. The average Bonchev–Trinajstić information content (AvgIpc) is 2.18. The zero-order chi connectivity index (χ0) is 12.8. The smallest absolute Gasteiger partial charge is 0.282 e. The van der Waals surface area contributed by atoms with E-state index in [1.165, 1.54) is 6.42 Å². The molecule has 0 aromatic heterocycles. The first-order chi connectivity index (χ1) is 7.32. The molecule has 0 aliphatic rings. The fourth-order valence-electron chi connectivity index (χ4n) is 0.740. The Labute approximate surface area is 93.8 Å². The molecule has 0 saturated carbocycles. The van der Waals surface area contributed by atoms with E-state index in [1.54, 1.807) is 0 Å². The molecular weight excluding hydrogens is 234 g/mol. The van der Waals surface area contributed by atoms with Gasteiger partial charge in [-0.1, -0.05) is 20.3 Å². The van der Waals surface area contributed by atoms with Crippen molar-refractivity contribution >= 4 is 15.8 Å². The highest BCUT2D eigenvalue weighted by Gasteiger charge is 2.11. The lowest BCUT2D eigenvalue weighted by molar-refractivity contribution is -0.384. The van der Waals surface area contributed by atoms with Gasteiger partial charge in [-0.3, -0.25) is 14.7 Å². The standard InChI is InChI=1S/C6H5NO5S.C3H8/c8-7(9)5-1-3-6(4-2-5)13(10,11)12;1-3-2/h1-4H,(H,10,11,12);3H2,1-2H3. The minimum absolute atomic E-state index is 0.229. The van der Waals surface area contributed by atoms with E-state index in [-0.39, 0.29) is 10.6 Å². The molecule has 0 spiro atoms. The number of hydrogen-bond acceptors (Lipinski definition) is 4. The van der Waals surface area contributed by atoms with E-state index >= 15 is 0 Å². The molecule has 1 rings (SSSR count). The molecule has 0 atom stereocenters. The van der Waals surface area contributed by atoms with Crippen LogP contribution in [0.3, 0.4) is 0 Å². The van der Waals surface area contributed by atoms with Crippen molar-refractivity contribution in [3.8, 4) is 0 Å². The Morgan fingerprint density at radius 1 is 1.25 bits per heavy atom. The van der Waals surface area contributed by atoms with Crippen molar-refractivity contribution in [3.05, 3.63) is 34.4 Å². The van der Waals surface area contributed by atoms with Crippen molar-refractivity contribution in [2.24, 2.45) is 0 Å². The summed E-state index contributed by atoms with van der Waals surface area (Å²) >= 11 is 0. The maximum absolute atomic E-state index is 10.5. The highest BCUT2D eigenvalue weighted by molar-refractivity contribution is 7.85. The summed E-state index contributed by atoms with van der Waals surface area (Å²) in [6, 6.07) is 3.94. The third-order valence-corrected chi connectivity index (χ3v) is 2.21. The molecule has 0 radical (unpaired) electrons. The molecule has 0 heterocycles. The van der Waals surface area contributed by atoms with Crippen LogP contribution in [0.5, 0.6) is 0 Å². The van der Waals surface area contributed by atoms with Gasteiger partial charge < -0.3 is 0 Å². The molecule has 0 unspecified atom stereocenters. The second kappa shape index (κ2) is 6.19. The predicted molar refractivity (Wildman–Crippen MR) is 58.9 cm³/mol. The van der Waals surface area contributed by atoms with Gasteiger partial charge in [-0.05, 0) is 12.1 Å². The predicted octanol–water partition coefficient (Wildman–Crippen LogP) is 2.26. The molecule has 0 saturated heterocycles. The van der Waals surface area contributed by atoms with Crippen LogP contribution in [0.2, 0.25) is 0 Å². The maximum Gasteiger partial charge on any atom is 0.294 e. The Morgan fingerprint density at radius 3 is 1.88 bits per heavy atom. The highest BCUT2D eigenvalue weighted by atomic mass is 32.2. The van der Waals surface area contributed by atoms with E-state index in [4.69, 9.17) is 4.55 Å². The van der Waals surface area contributed by atoms with Gasteiger partial charge in [0, 0.05) is 12.1 Å². The third-order valence-electron chi connectivity index (χ3n) is 1.35. The number of rotatable bonds is 2. The lowest BCUT2D eigenvalue weighted by atomic mass is 10.3. The Morgan fingerprint density at radius 2 is 1.62 bits per heavy atom. The van der Waals surface area contributed by atoms with Crippen molar-refractivity contribution < 1.29 is 17.9 Å². The maximum atomic E-state index is 10.5. The third kappa shape index (κ3) is 4.85. The minimum atomic E-state index is -4.27. The largest absolute Gasteiger partial charge is 0.294 e. The lowest BCUT2D eigenvalue weighted by Gasteiger charge is -1.94. The molecule has 1 N–H and O–H groups in total. The van der Waals surface area contributed by atoms with Crippen LogP contribution in [-0.4, -0.2) is 17.9 Å². The first-order valence-electron chi connectivity index (χ1n) is 4.54. The molecule has 6 nitrogen and oxygen atoms in total. The summed E-state index contributed by atoms with van der Waals surface area (Å²) in [7, 11) is -4.27. The molecular formula is C9H13NO5S. The summed E-state index contributed by atoms with van der Waals surface area (Å²) in [5, 5.41) is 10.2. The van der Waals surface area contributed by atoms with Gasteiger partial charge in [0.1, 0.15) is 0 Å². The van der Waals surface area contributed by atoms with Crippen molar-refractivity contribution in [2.75, 3.05) is 0 Å². The quantitative estimate of drug-likeness (QED) is 0.491. The fraction of sp³-hybridized carbons (Fsp3) is 0.333. The number of hydrogen-bond donors (Lipinski definition) is 1. The van der Waals surface area contributed by atoms with Crippen LogP contribution in [0.15, 0.2) is 29.2 Å². The second-order valence-corrected chi connectivity index (χ2v) is 4.35. The summed E-state index contributed by atoms with van der Waals surface area (Å²) in [6.07, 6.45) is 1.25. The van der Waals surface area contributed by atoms with Crippen LogP contribution in [0.25, 0.3) is 0 Å². The van der Waals surface area contributed by atoms with Crippen LogP contribution in [-0.2, 0) is 10.1 Å². The molecule has 0 fully saturated rings. The van der Waals surface area contributed by atoms with Gasteiger partial charge in [0.2, 0.25) is 0 Å². The van der Waals surface area contributed by atoms with Gasteiger partial charge in [0.15, 0.2) is 0 Å². The Hall–Kier alpha value is -1.47. The van der Waals surface area contributed by atoms with Gasteiger partial charge in [-0.2, -0.15) is 8.42 Å².